The minimum absolute atomic E-state index is 0.0162. The normalized spacial score (nSPS) is 10.7. The maximum atomic E-state index is 12.4. The number of benzene rings is 2. The highest BCUT2D eigenvalue weighted by Crippen LogP contribution is 2.14. The van der Waals surface area contributed by atoms with Crippen molar-refractivity contribution in [3.63, 3.8) is 0 Å². The maximum Gasteiger partial charge on any atom is 0.238 e. The third kappa shape index (κ3) is 5.70. The van der Waals surface area contributed by atoms with Gasteiger partial charge in [0, 0.05) is 37.6 Å². The van der Waals surface area contributed by atoms with Crippen LogP contribution in [0.15, 0.2) is 48.5 Å². The number of ketones is 1. The zero-order valence-corrected chi connectivity index (χ0v) is 16.0. The lowest BCUT2D eigenvalue weighted by molar-refractivity contribution is -0.117. The third-order valence-electron chi connectivity index (χ3n) is 4.23. The van der Waals surface area contributed by atoms with Crippen molar-refractivity contribution in [2.24, 2.45) is 0 Å². The molecule has 1 amide bonds. The van der Waals surface area contributed by atoms with Gasteiger partial charge in [-0.1, -0.05) is 31.2 Å². The number of anilines is 2. The number of Topliss-reactive ketones (excluding diaryl/α,β-unsaturated/α-hetero) is 1. The SMILES string of the molecule is CCN(CC(=O)Nc1cccc(C(C)=O)c1)Cc1ccc(N(C)C)cc1. The zero-order chi connectivity index (χ0) is 19.1. The van der Waals surface area contributed by atoms with E-state index in [0.29, 0.717) is 24.3 Å². The van der Waals surface area contributed by atoms with Gasteiger partial charge in [0.05, 0.1) is 6.54 Å². The molecule has 5 heteroatoms. The molecule has 0 bridgehead atoms. The molecular weight excluding hydrogens is 326 g/mol. The number of hydrogen-bond donors (Lipinski definition) is 1. The molecule has 0 atom stereocenters. The number of likely N-dealkylation sites (N-methyl/N-ethyl adjacent to an activating group) is 1. The first-order valence-electron chi connectivity index (χ1n) is 8.78. The van der Waals surface area contributed by atoms with E-state index in [4.69, 9.17) is 0 Å². The topological polar surface area (TPSA) is 52.7 Å². The first-order valence-corrected chi connectivity index (χ1v) is 8.78. The molecule has 0 radical (unpaired) electrons. The Hall–Kier alpha value is -2.66. The Bertz CT molecular complexity index is 754. The smallest absolute Gasteiger partial charge is 0.238 e. The Morgan fingerprint density at radius 1 is 1.04 bits per heavy atom. The first-order chi connectivity index (χ1) is 12.4. The fourth-order valence-electron chi connectivity index (χ4n) is 2.66. The van der Waals surface area contributed by atoms with Crippen LogP contribution in [0.4, 0.5) is 11.4 Å². The number of rotatable bonds is 8. The molecule has 0 saturated heterocycles. The number of nitrogens with one attached hydrogen (secondary N) is 1. The van der Waals surface area contributed by atoms with Gasteiger partial charge in [0.1, 0.15) is 0 Å². The van der Waals surface area contributed by atoms with Crippen LogP contribution in [-0.4, -0.2) is 43.8 Å². The van der Waals surface area contributed by atoms with Gasteiger partial charge in [-0.3, -0.25) is 14.5 Å². The first kappa shape index (κ1) is 19.7. The lowest BCUT2D eigenvalue weighted by Crippen LogP contribution is -2.32. The highest BCUT2D eigenvalue weighted by atomic mass is 16.2. The van der Waals surface area contributed by atoms with Crippen molar-refractivity contribution in [2.45, 2.75) is 20.4 Å². The summed E-state index contributed by atoms with van der Waals surface area (Å²) >= 11 is 0. The Kier molecular flexibility index (Phi) is 6.92. The van der Waals surface area contributed by atoms with Crippen molar-refractivity contribution in [3.05, 3.63) is 59.7 Å². The van der Waals surface area contributed by atoms with E-state index in [9.17, 15) is 9.59 Å². The standard InChI is InChI=1S/C21H27N3O2/c1-5-24(14-17-9-11-20(12-10-17)23(3)4)15-21(26)22-19-8-6-7-18(13-19)16(2)25/h6-13H,5,14-15H2,1-4H3,(H,22,26). The second-order valence-electron chi connectivity index (χ2n) is 6.55. The quantitative estimate of drug-likeness (QED) is 0.739. The van der Waals surface area contributed by atoms with Gasteiger partial charge in [-0.15, -0.1) is 0 Å². The molecule has 0 spiro atoms. The summed E-state index contributed by atoms with van der Waals surface area (Å²) in [5.41, 5.74) is 3.56. The van der Waals surface area contributed by atoms with E-state index in [-0.39, 0.29) is 11.7 Å². The van der Waals surface area contributed by atoms with Gasteiger partial charge in [0.25, 0.3) is 0 Å². The van der Waals surface area contributed by atoms with Crippen LogP contribution in [0.25, 0.3) is 0 Å². The van der Waals surface area contributed by atoms with Gasteiger partial charge in [-0.2, -0.15) is 0 Å². The highest BCUT2D eigenvalue weighted by Gasteiger charge is 2.11. The molecule has 0 aliphatic carbocycles. The van der Waals surface area contributed by atoms with Crippen LogP contribution in [0.3, 0.4) is 0 Å². The highest BCUT2D eigenvalue weighted by molar-refractivity contribution is 5.97. The van der Waals surface area contributed by atoms with Crippen molar-refractivity contribution in [2.75, 3.05) is 37.4 Å². The molecule has 0 aromatic heterocycles. The van der Waals surface area contributed by atoms with Crippen LogP contribution in [0.5, 0.6) is 0 Å². The molecule has 2 aromatic carbocycles. The molecule has 2 aromatic rings. The van der Waals surface area contributed by atoms with Crippen molar-refractivity contribution < 1.29 is 9.59 Å². The monoisotopic (exact) mass is 353 g/mol. The van der Waals surface area contributed by atoms with Crippen LogP contribution < -0.4 is 10.2 Å². The van der Waals surface area contributed by atoms with E-state index in [1.807, 2.05) is 21.0 Å². The van der Waals surface area contributed by atoms with E-state index in [1.54, 1.807) is 24.3 Å². The maximum absolute atomic E-state index is 12.4. The Morgan fingerprint density at radius 3 is 2.31 bits per heavy atom. The van der Waals surface area contributed by atoms with Crippen molar-refractivity contribution in [1.29, 1.82) is 0 Å². The van der Waals surface area contributed by atoms with Gasteiger partial charge in [0.2, 0.25) is 5.91 Å². The summed E-state index contributed by atoms with van der Waals surface area (Å²) in [6.07, 6.45) is 0. The van der Waals surface area contributed by atoms with Crippen molar-refractivity contribution in [3.8, 4) is 0 Å². The minimum Gasteiger partial charge on any atom is -0.378 e. The van der Waals surface area contributed by atoms with Crippen LogP contribution in [0.2, 0.25) is 0 Å². The molecule has 26 heavy (non-hydrogen) atoms. The van der Waals surface area contributed by atoms with Crippen molar-refractivity contribution in [1.82, 2.24) is 4.90 Å². The number of hydrogen-bond acceptors (Lipinski definition) is 4. The average Bonchev–Trinajstić information content (AvgIpc) is 2.61. The second kappa shape index (κ2) is 9.15. The average molecular weight is 353 g/mol. The molecule has 138 valence electrons. The molecule has 1 N–H and O–H groups in total. The Balaban J connectivity index is 1.95. The lowest BCUT2D eigenvalue weighted by atomic mass is 10.1. The van der Waals surface area contributed by atoms with Crippen LogP contribution in [0, 0.1) is 0 Å². The number of nitrogens with zero attached hydrogens (tertiary/aromatic N) is 2. The van der Waals surface area contributed by atoms with Crippen molar-refractivity contribution >= 4 is 23.1 Å². The largest absolute Gasteiger partial charge is 0.378 e. The molecular formula is C21H27N3O2. The van der Waals surface area contributed by atoms with E-state index in [1.165, 1.54) is 12.5 Å². The molecule has 0 saturated carbocycles. The van der Waals surface area contributed by atoms with Gasteiger partial charge >= 0.3 is 0 Å². The minimum atomic E-state index is -0.0857. The third-order valence-corrected chi connectivity index (χ3v) is 4.23. The molecule has 0 fully saturated rings. The molecule has 5 nitrogen and oxygen atoms in total. The van der Waals surface area contributed by atoms with E-state index in [0.717, 1.165) is 12.2 Å². The molecule has 0 unspecified atom stereocenters. The van der Waals surface area contributed by atoms with Gasteiger partial charge in [0.15, 0.2) is 5.78 Å². The predicted molar refractivity (Wildman–Crippen MR) is 107 cm³/mol. The summed E-state index contributed by atoms with van der Waals surface area (Å²) in [5, 5.41) is 2.87. The number of carbonyl (C=O) groups excluding carboxylic acids is 2. The van der Waals surface area contributed by atoms with Crippen LogP contribution >= 0.6 is 0 Å². The van der Waals surface area contributed by atoms with Gasteiger partial charge in [-0.25, -0.2) is 0 Å². The summed E-state index contributed by atoms with van der Waals surface area (Å²) in [7, 11) is 4.03. The van der Waals surface area contributed by atoms with E-state index in [2.05, 4.69) is 39.4 Å². The van der Waals surface area contributed by atoms with Crippen LogP contribution in [-0.2, 0) is 11.3 Å². The summed E-state index contributed by atoms with van der Waals surface area (Å²) in [6, 6.07) is 15.4. The summed E-state index contributed by atoms with van der Waals surface area (Å²) in [4.78, 5) is 27.9. The molecule has 0 heterocycles. The molecule has 0 aliphatic rings. The lowest BCUT2D eigenvalue weighted by Gasteiger charge is -2.20. The van der Waals surface area contributed by atoms with E-state index >= 15 is 0 Å². The van der Waals surface area contributed by atoms with Crippen LogP contribution in [0.1, 0.15) is 29.8 Å². The zero-order valence-electron chi connectivity index (χ0n) is 16.0. The molecule has 0 aliphatic heterocycles. The molecule has 2 rings (SSSR count). The fourth-order valence-corrected chi connectivity index (χ4v) is 2.66. The predicted octanol–water partition coefficient (Wildman–Crippen LogP) is 3.42. The number of amides is 1. The van der Waals surface area contributed by atoms with Gasteiger partial charge < -0.3 is 10.2 Å². The Morgan fingerprint density at radius 2 is 1.73 bits per heavy atom. The fraction of sp³-hybridized carbons (Fsp3) is 0.333. The Labute approximate surface area is 155 Å². The summed E-state index contributed by atoms with van der Waals surface area (Å²) in [5.74, 6) is -0.102. The summed E-state index contributed by atoms with van der Waals surface area (Å²) in [6.45, 7) is 5.34. The second-order valence-corrected chi connectivity index (χ2v) is 6.55. The van der Waals surface area contributed by atoms with Gasteiger partial charge in [-0.05, 0) is 43.3 Å². The number of carbonyl (C=O) groups is 2. The summed E-state index contributed by atoms with van der Waals surface area (Å²) < 4.78 is 0. The van der Waals surface area contributed by atoms with E-state index < -0.39 is 0 Å².